The maximum Gasteiger partial charge on any atom is 0.0568 e. The number of hydrogen-bond acceptors (Lipinski definition) is 1. The molecule has 0 aromatic heterocycles. The summed E-state index contributed by atoms with van der Waals surface area (Å²) in [5, 5.41) is 9.86. The van der Waals surface area contributed by atoms with E-state index in [1.54, 1.807) is 0 Å². The van der Waals surface area contributed by atoms with Gasteiger partial charge < -0.3 is 5.11 Å². The summed E-state index contributed by atoms with van der Waals surface area (Å²) in [7, 11) is 0. The first-order chi connectivity index (χ1) is 6.25. The number of hydrogen-bond donors (Lipinski definition) is 1. The van der Waals surface area contributed by atoms with Gasteiger partial charge in [-0.05, 0) is 43.4 Å². The van der Waals surface area contributed by atoms with E-state index in [1.807, 2.05) is 0 Å². The highest BCUT2D eigenvalue weighted by Gasteiger charge is 2.30. The minimum absolute atomic E-state index is 0.0248. The summed E-state index contributed by atoms with van der Waals surface area (Å²) in [6.45, 7) is 2.33. The molecule has 2 fully saturated rings. The third kappa shape index (κ3) is 2.25. The second-order valence-corrected chi connectivity index (χ2v) is 5.28. The lowest BCUT2D eigenvalue weighted by molar-refractivity contribution is 0.0310. The Kier molecular flexibility index (Phi) is 2.92. The fourth-order valence-corrected chi connectivity index (χ4v) is 2.89. The van der Waals surface area contributed by atoms with Crippen molar-refractivity contribution in [3.05, 3.63) is 0 Å². The van der Waals surface area contributed by atoms with Crippen LogP contribution in [0.1, 0.15) is 51.9 Å². The molecule has 2 saturated carbocycles. The zero-order valence-corrected chi connectivity index (χ0v) is 8.71. The fourth-order valence-electron chi connectivity index (χ4n) is 2.89. The van der Waals surface area contributed by atoms with Crippen molar-refractivity contribution >= 4 is 0 Å². The molecule has 0 aromatic rings. The van der Waals surface area contributed by atoms with Crippen molar-refractivity contribution in [2.75, 3.05) is 0 Å². The van der Waals surface area contributed by atoms with Crippen molar-refractivity contribution in [1.29, 1.82) is 0 Å². The van der Waals surface area contributed by atoms with Crippen molar-refractivity contribution < 1.29 is 5.11 Å². The van der Waals surface area contributed by atoms with Crippen LogP contribution in [-0.4, -0.2) is 11.2 Å². The monoisotopic (exact) mass is 182 g/mol. The van der Waals surface area contributed by atoms with Gasteiger partial charge in [-0.25, -0.2) is 0 Å². The summed E-state index contributed by atoms with van der Waals surface area (Å²) in [5.41, 5.74) is 0. The van der Waals surface area contributed by atoms with Crippen LogP contribution in [0.4, 0.5) is 0 Å². The van der Waals surface area contributed by atoms with Crippen molar-refractivity contribution in [2.24, 2.45) is 17.8 Å². The van der Waals surface area contributed by atoms with Gasteiger partial charge in [0.2, 0.25) is 0 Å². The highest BCUT2D eigenvalue weighted by Crippen LogP contribution is 2.39. The molecule has 1 heteroatoms. The standard InChI is InChI=1S/C12H22O/c1-9-5-6-12(13)11(7-9)8-10-3-2-4-10/h9-13H,2-8H2,1H3. The Labute approximate surface area is 81.5 Å². The molecule has 76 valence electrons. The van der Waals surface area contributed by atoms with Gasteiger partial charge in [0.25, 0.3) is 0 Å². The molecule has 0 aliphatic heterocycles. The van der Waals surface area contributed by atoms with Crippen molar-refractivity contribution in [3.63, 3.8) is 0 Å². The Hall–Kier alpha value is -0.0400. The van der Waals surface area contributed by atoms with Crippen LogP contribution in [0.15, 0.2) is 0 Å². The molecule has 0 radical (unpaired) electrons. The highest BCUT2D eigenvalue weighted by molar-refractivity contribution is 4.82. The normalized spacial score (nSPS) is 41.5. The topological polar surface area (TPSA) is 20.2 Å². The zero-order chi connectivity index (χ0) is 9.26. The van der Waals surface area contributed by atoms with Gasteiger partial charge in [0.15, 0.2) is 0 Å². The molecule has 3 atom stereocenters. The van der Waals surface area contributed by atoms with Crippen LogP contribution < -0.4 is 0 Å². The average molecular weight is 182 g/mol. The van der Waals surface area contributed by atoms with E-state index in [1.165, 1.54) is 38.5 Å². The molecule has 0 amide bonds. The van der Waals surface area contributed by atoms with E-state index in [-0.39, 0.29) is 6.10 Å². The van der Waals surface area contributed by atoms with Gasteiger partial charge in [-0.2, -0.15) is 0 Å². The van der Waals surface area contributed by atoms with Gasteiger partial charge in [0, 0.05) is 0 Å². The van der Waals surface area contributed by atoms with Crippen LogP contribution in [0, 0.1) is 17.8 Å². The molecule has 13 heavy (non-hydrogen) atoms. The Bertz CT molecular complexity index is 163. The van der Waals surface area contributed by atoms with E-state index < -0.39 is 0 Å². The quantitative estimate of drug-likeness (QED) is 0.696. The lowest BCUT2D eigenvalue weighted by atomic mass is 9.71. The maximum atomic E-state index is 9.86. The van der Waals surface area contributed by atoms with Crippen LogP contribution in [0.3, 0.4) is 0 Å². The average Bonchev–Trinajstić information content (AvgIpc) is 2.03. The van der Waals surface area contributed by atoms with Gasteiger partial charge in [0.1, 0.15) is 0 Å². The van der Waals surface area contributed by atoms with Gasteiger partial charge in [-0.3, -0.25) is 0 Å². The zero-order valence-electron chi connectivity index (χ0n) is 8.71. The summed E-state index contributed by atoms with van der Waals surface area (Å²) in [4.78, 5) is 0. The minimum atomic E-state index is 0.0248. The fraction of sp³-hybridized carbons (Fsp3) is 1.00. The first-order valence-electron chi connectivity index (χ1n) is 5.93. The third-order valence-corrected chi connectivity index (χ3v) is 4.07. The smallest absolute Gasteiger partial charge is 0.0568 e. The van der Waals surface area contributed by atoms with E-state index in [0.717, 1.165) is 18.3 Å². The van der Waals surface area contributed by atoms with Crippen LogP contribution >= 0.6 is 0 Å². The molecule has 0 heterocycles. The van der Waals surface area contributed by atoms with Gasteiger partial charge >= 0.3 is 0 Å². The van der Waals surface area contributed by atoms with Gasteiger partial charge in [-0.1, -0.05) is 26.2 Å². The van der Waals surface area contributed by atoms with E-state index in [0.29, 0.717) is 5.92 Å². The van der Waals surface area contributed by atoms with Crippen molar-refractivity contribution in [1.82, 2.24) is 0 Å². The molecule has 2 rings (SSSR count). The second-order valence-electron chi connectivity index (χ2n) is 5.28. The summed E-state index contributed by atoms with van der Waals surface area (Å²) in [5.74, 6) is 2.45. The molecule has 0 aromatic carbocycles. The number of rotatable bonds is 2. The lowest BCUT2D eigenvalue weighted by Crippen LogP contribution is -2.31. The van der Waals surface area contributed by atoms with Crippen LogP contribution in [-0.2, 0) is 0 Å². The number of aliphatic hydroxyl groups is 1. The summed E-state index contributed by atoms with van der Waals surface area (Å²) >= 11 is 0. The first-order valence-corrected chi connectivity index (χ1v) is 5.93. The Morgan fingerprint density at radius 2 is 1.92 bits per heavy atom. The predicted molar refractivity (Wildman–Crippen MR) is 54.5 cm³/mol. The molecule has 3 unspecified atom stereocenters. The largest absolute Gasteiger partial charge is 0.393 e. The molecular formula is C12H22O. The van der Waals surface area contributed by atoms with Crippen LogP contribution in [0.2, 0.25) is 0 Å². The van der Waals surface area contributed by atoms with Crippen molar-refractivity contribution in [2.45, 2.75) is 58.0 Å². The molecule has 2 aliphatic rings. The Morgan fingerprint density at radius 1 is 1.15 bits per heavy atom. The molecular weight excluding hydrogens is 160 g/mol. The minimum Gasteiger partial charge on any atom is -0.393 e. The molecule has 2 aliphatic carbocycles. The van der Waals surface area contributed by atoms with Gasteiger partial charge in [-0.15, -0.1) is 0 Å². The van der Waals surface area contributed by atoms with Crippen LogP contribution in [0.5, 0.6) is 0 Å². The molecule has 0 saturated heterocycles. The van der Waals surface area contributed by atoms with Crippen molar-refractivity contribution in [3.8, 4) is 0 Å². The lowest BCUT2D eigenvalue weighted by Gasteiger charge is -2.36. The molecule has 0 bridgehead atoms. The number of aliphatic hydroxyl groups excluding tert-OH is 1. The molecule has 1 nitrogen and oxygen atoms in total. The SMILES string of the molecule is CC1CCC(O)C(CC2CCC2)C1. The van der Waals surface area contributed by atoms with Gasteiger partial charge in [0.05, 0.1) is 6.10 Å². The summed E-state index contributed by atoms with van der Waals surface area (Å²) in [6.07, 6.45) is 9.19. The van der Waals surface area contributed by atoms with E-state index in [2.05, 4.69) is 6.92 Å². The summed E-state index contributed by atoms with van der Waals surface area (Å²) < 4.78 is 0. The highest BCUT2D eigenvalue weighted by atomic mass is 16.3. The van der Waals surface area contributed by atoms with E-state index >= 15 is 0 Å². The summed E-state index contributed by atoms with van der Waals surface area (Å²) in [6, 6.07) is 0. The molecule has 1 N–H and O–H groups in total. The van der Waals surface area contributed by atoms with E-state index in [9.17, 15) is 5.11 Å². The molecule has 0 spiro atoms. The first kappa shape index (κ1) is 9.51. The Morgan fingerprint density at radius 3 is 2.54 bits per heavy atom. The second kappa shape index (κ2) is 4.00. The van der Waals surface area contributed by atoms with E-state index in [4.69, 9.17) is 0 Å². The maximum absolute atomic E-state index is 9.86. The predicted octanol–water partition coefficient (Wildman–Crippen LogP) is 2.97. The third-order valence-electron chi connectivity index (χ3n) is 4.07. The van der Waals surface area contributed by atoms with Crippen LogP contribution in [0.25, 0.3) is 0 Å². The Balaban J connectivity index is 1.80.